The number of anilines is 3. The normalized spacial score (nSPS) is 16.8. The average molecular weight is 321 g/mol. The molecule has 2 heterocycles. The number of fused-ring (bicyclic) bond motifs is 1. The second kappa shape index (κ2) is 6.56. The minimum Gasteiger partial charge on any atom is -0.372 e. The molecule has 1 fully saturated rings. The Kier molecular flexibility index (Phi) is 4.11. The maximum Gasteiger partial charge on any atom is 0.326 e. The summed E-state index contributed by atoms with van der Waals surface area (Å²) in [5.41, 5.74) is 4.39. The van der Waals surface area contributed by atoms with E-state index in [0.717, 1.165) is 43.9 Å². The number of hydrogen-bond donors (Lipinski definition) is 1. The number of nitrogens with one attached hydrogen (secondary N) is 1. The van der Waals surface area contributed by atoms with Crippen LogP contribution in [0.1, 0.15) is 24.8 Å². The molecule has 0 saturated carbocycles. The molecule has 0 spiro atoms. The third kappa shape index (κ3) is 2.96. The summed E-state index contributed by atoms with van der Waals surface area (Å²) in [7, 11) is 0. The molecule has 124 valence electrons. The van der Waals surface area contributed by atoms with Gasteiger partial charge in [0.05, 0.1) is 0 Å². The largest absolute Gasteiger partial charge is 0.372 e. The van der Waals surface area contributed by atoms with Crippen LogP contribution in [0.25, 0.3) is 0 Å². The lowest BCUT2D eigenvalue weighted by molar-refractivity contribution is 0.256. The Hall–Kier alpha value is -2.49. The Morgan fingerprint density at radius 2 is 1.62 bits per heavy atom. The van der Waals surface area contributed by atoms with Crippen molar-refractivity contribution in [3.8, 4) is 0 Å². The summed E-state index contributed by atoms with van der Waals surface area (Å²) in [4.78, 5) is 16.9. The van der Waals surface area contributed by atoms with Gasteiger partial charge >= 0.3 is 6.03 Å². The summed E-state index contributed by atoms with van der Waals surface area (Å²) in [5.74, 6) is 0. The van der Waals surface area contributed by atoms with Gasteiger partial charge in [-0.25, -0.2) is 4.79 Å². The minimum absolute atomic E-state index is 0.0453. The summed E-state index contributed by atoms with van der Waals surface area (Å²) < 4.78 is 0. The van der Waals surface area contributed by atoms with Gasteiger partial charge in [0.15, 0.2) is 0 Å². The van der Waals surface area contributed by atoms with Crippen molar-refractivity contribution >= 4 is 23.1 Å². The highest BCUT2D eigenvalue weighted by molar-refractivity contribution is 6.02. The predicted octanol–water partition coefficient (Wildman–Crippen LogP) is 4.27. The van der Waals surface area contributed by atoms with Crippen LogP contribution < -0.4 is 15.1 Å². The van der Waals surface area contributed by atoms with Crippen molar-refractivity contribution in [2.75, 3.05) is 34.8 Å². The lowest BCUT2D eigenvalue weighted by Gasteiger charge is -2.29. The summed E-state index contributed by atoms with van der Waals surface area (Å²) >= 11 is 0. The van der Waals surface area contributed by atoms with Gasteiger partial charge in [-0.05, 0) is 61.6 Å². The number of carbonyl (C=O) groups excluding carboxylic acids is 1. The topological polar surface area (TPSA) is 35.6 Å². The first-order chi connectivity index (χ1) is 11.8. The third-order valence-electron chi connectivity index (χ3n) is 4.95. The van der Waals surface area contributed by atoms with E-state index in [-0.39, 0.29) is 6.03 Å². The van der Waals surface area contributed by atoms with Crippen molar-refractivity contribution in [2.24, 2.45) is 0 Å². The van der Waals surface area contributed by atoms with Gasteiger partial charge in [0.2, 0.25) is 0 Å². The Balaban J connectivity index is 1.46. The monoisotopic (exact) mass is 321 g/mol. The van der Waals surface area contributed by atoms with Crippen LogP contribution in [0.3, 0.4) is 0 Å². The molecule has 0 aliphatic carbocycles. The molecule has 0 radical (unpaired) electrons. The fourth-order valence-corrected chi connectivity index (χ4v) is 3.67. The van der Waals surface area contributed by atoms with E-state index >= 15 is 0 Å². The van der Waals surface area contributed by atoms with Gasteiger partial charge in [0, 0.05) is 36.7 Å². The molecule has 4 heteroatoms. The van der Waals surface area contributed by atoms with Gasteiger partial charge in [-0.15, -0.1) is 0 Å². The van der Waals surface area contributed by atoms with Crippen molar-refractivity contribution in [2.45, 2.75) is 25.7 Å². The van der Waals surface area contributed by atoms with Crippen molar-refractivity contribution in [3.63, 3.8) is 0 Å². The Morgan fingerprint density at radius 3 is 2.42 bits per heavy atom. The second-order valence-electron chi connectivity index (χ2n) is 6.56. The van der Waals surface area contributed by atoms with E-state index in [1.54, 1.807) is 0 Å². The van der Waals surface area contributed by atoms with Gasteiger partial charge in [-0.1, -0.05) is 18.2 Å². The molecular weight excluding hydrogens is 298 g/mol. The van der Waals surface area contributed by atoms with Crippen LogP contribution in [-0.2, 0) is 6.42 Å². The maximum atomic E-state index is 12.7. The van der Waals surface area contributed by atoms with Gasteiger partial charge in [0.1, 0.15) is 0 Å². The lowest BCUT2D eigenvalue weighted by Crippen LogP contribution is -2.38. The number of urea groups is 1. The molecular formula is C20H23N3O. The van der Waals surface area contributed by atoms with E-state index in [0.29, 0.717) is 0 Å². The van der Waals surface area contributed by atoms with E-state index < -0.39 is 0 Å². The van der Waals surface area contributed by atoms with Gasteiger partial charge in [-0.3, -0.25) is 4.90 Å². The van der Waals surface area contributed by atoms with E-state index in [1.807, 2.05) is 35.2 Å². The van der Waals surface area contributed by atoms with Crippen LogP contribution in [0.5, 0.6) is 0 Å². The number of rotatable bonds is 2. The molecule has 2 aromatic carbocycles. The molecule has 1 saturated heterocycles. The highest BCUT2D eigenvalue weighted by atomic mass is 16.2. The van der Waals surface area contributed by atoms with E-state index in [1.165, 1.54) is 24.1 Å². The van der Waals surface area contributed by atoms with Crippen molar-refractivity contribution in [1.29, 1.82) is 0 Å². The molecule has 0 unspecified atom stereocenters. The molecule has 2 aliphatic rings. The predicted molar refractivity (Wildman–Crippen MR) is 99.0 cm³/mol. The first-order valence-electron chi connectivity index (χ1n) is 8.83. The number of amides is 2. The van der Waals surface area contributed by atoms with Crippen LogP contribution in [0, 0.1) is 0 Å². The molecule has 4 nitrogen and oxygen atoms in total. The average Bonchev–Trinajstić information content (AvgIpc) is 3.16. The standard InChI is InChI=1S/C20H23N3O/c24-20(23-15-5-7-16-6-1-2-8-19(16)23)21-17-9-11-18(12-10-17)22-13-3-4-14-22/h1-2,6,8-12H,3-5,7,13-15H2,(H,21,24). The number of para-hydroxylation sites is 1. The summed E-state index contributed by atoms with van der Waals surface area (Å²) in [6.45, 7) is 3.04. The summed E-state index contributed by atoms with van der Waals surface area (Å²) in [5, 5.41) is 3.04. The third-order valence-corrected chi connectivity index (χ3v) is 4.95. The first kappa shape index (κ1) is 15.1. The SMILES string of the molecule is O=C(Nc1ccc(N2CCCC2)cc1)N1CCCc2ccccc21. The number of hydrogen-bond acceptors (Lipinski definition) is 2. The van der Waals surface area contributed by atoms with Gasteiger partial charge < -0.3 is 10.2 Å². The molecule has 1 N–H and O–H groups in total. The van der Waals surface area contributed by atoms with Gasteiger partial charge in [0.25, 0.3) is 0 Å². The zero-order valence-electron chi connectivity index (χ0n) is 13.9. The fraction of sp³-hybridized carbons (Fsp3) is 0.350. The van der Waals surface area contributed by atoms with Crippen molar-refractivity contribution < 1.29 is 4.79 Å². The first-order valence-corrected chi connectivity index (χ1v) is 8.83. The van der Waals surface area contributed by atoms with Crippen LogP contribution in [-0.4, -0.2) is 25.7 Å². The smallest absolute Gasteiger partial charge is 0.326 e. The Morgan fingerprint density at radius 1 is 0.875 bits per heavy atom. The molecule has 0 aromatic heterocycles. The van der Waals surface area contributed by atoms with E-state index in [4.69, 9.17) is 0 Å². The van der Waals surface area contributed by atoms with E-state index in [2.05, 4.69) is 28.4 Å². The maximum absolute atomic E-state index is 12.7. The molecule has 2 amide bonds. The Labute approximate surface area is 143 Å². The molecule has 2 aliphatic heterocycles. The van der Waals surface area contributed by atoms with Crippen LogP contribution in [0.2, 0.25) is 0 Å². The molecule has 2 aromatic rings. The quantitative estimate of drug-likeness (QED) is 0.896. The van der Waals surface area contributed by atoms with Crippen molar-refractivity contribution in [1.82, 2.24) is 0 Å². The molecule has 24 heavy (non-hydrogen) atoms. The van der Waals surface area contributed by atoms with E-state index in [9.17, 15) is 4.79 Å². The number of benzene rings is 2. The van der Waals surface area contributed by atoms with Gasteiger partial charge in [-0.2, -0.15) is 0 Å². The van der Waals surface area contributed by atoms with Crippen LogP contribution in [0.15, 0.2) is 48.5 Å². The Bertz CT molecular complexity index is 720. The zero-order chi connectivity index (χ0) is 16.4. The number of carbonyl (C=O) groups is 1. The lowest BCUT2D eigenvalue weighted by atomic mass is 10.0. The highest BCUT2D eigenvalue weighted by Gasteiger charge is 2.22. The number of nitrogens with zero attached hydrogens (tertiary/aromatic N) is 2. The highest BCUT2D eigenvalue weighted by Crippen LogP contribution is 2.28. The van der Waals surface area contributed by atoms with Crippen molar-refractivity contribution in [3.05, 3.63) is 54.1 Å². The molecule has 0 bridgehead atoms. The number of aryl methyl sites for hydroxylation is 1. The summed E-state index contributed by atoms with van der Waals surface area (Å²) in [6.07, 6.45) is 4.60. The van der Waals surface area contributed by atoms with Crippen LogP contribution >= 0.6 is 0 Å². The molecule has 4 rings (SSSR count). The summed E-state index contributed by atoms with van der Waals surface area (Å²) in [6, 6.07) is 16.3. The fourth-order valence-electron chi connectivity index (χ4n) is 3.67. The minimum atomic E-state index is -0.0453. The zero-order valence-corrected chi connectivity index (χ0v) is 13.9. The second-order valence-corrected chi connectivity index (χ2v) is 6.56. The molecule has 0 atom stereocenters. The van der Waals surface area contributed by atoms with Crippen LogP contribution in [0.4, 0.5) is 21.9 Å².